The molecule has 0 bridgehead atoms. The third-order valence-corrected chi connectivity index (χ3v) is 6.40. The van der Waals surface area contributed by atoms with E-state index in [0.29, 0.717) is 10.8 Å². The second kappa shape index (κ2) is 10.8. The maximum Gasteiger partial charge on any atom is 0.416 e. The SMILES string of the molecule is COc1ccc(Cl)cc1NC(=O)Nc1nc2n(c(=O)c1NCc1cccc(C(F)(F)F)c1)C(C(N)=O)CC2C. The quantitative estimate of drug-likeness (QED) is 0.327. The number of anilines is 3. The van der Waals surface area contributed by atoms with Crippen molar-refractivity contribution in [3.8, 4) is 5.75 Å². The van der Waals surface area contributed by atoms with Crippen LogP contribution in [0.15, 0.2) is 47.3 Å². The standard InChI is InChI=1S/C25H24ClF3N6O4/c1-12-8-17(20(30)36)35-22(12)33-21(34-24(38)32-16-10-15(26)6-7-18(16)39-2)19(23(35)37)31-11-13-4-3-5-14(9-13)25(27,28)29/h3-7,9-10,12,17,31H,8,11H2,1-2H3,(H2,30,36)(H2,32,34,38). The molecule has 0 fully saturated rings. The summed E-state index contributed by atoms with van der Waals surface area (Å²) in [5.41, 5.74) is 4.15. The number of benzene rings is 2. The number of carbonyl (C=O) groups excluding carboxylic acids is 2. The van der Waals surface area contributed by atoms with Crippen LogP contribution in [0, 0.1) is 0 Å². The lowest BCUT2D eigenvalue weighted by Crippen LogP contribution is -2.35. The highest BCUT2D eigenvalue weighted by atomic mass is 35.5. The topological polar surface area (TPSA) is 140 Å². The number of amides is 3. The molecule has 2 heterocycles. The van der Waals surface area contributed by atoms with Gasteiger partial charge in [0.1, 0.15) is 23.3 Å². The number of aromatic nitrogens is 2. The first-order valence-corrected chi connectivity index (χ1v) is 12.0. The van der Waals surface area contributed by atoms with Gasteiger partial charge in [0.05, 0.1) is 18.4 Å². The third-order valence-electron chi connectivity index (χ3n) is 6.17. The molecular formula is C25H24ClF3N6O4. The molecule has 10 nitrogen and oxygen atoms in total. The van der Waals surface area contributed by atoms with Crippen LogP contribution in [0.2, 0.25) is 5.02 Å². The maximum atomic E-state index is 13.5. The molecule has 0 saturated carbocycles. The highest BCUT2D eigenvalue weighted by Crippen LogP contribution is 2.35. The van der Waals surface area contributed by atoms with Gasteiger partial charge in [0.25, 0.3) is 5.56 Å². The van der Waals surface area contributed by atoms with E-state index < -0.39 is 35.3 Å². The zero-order valence-electron chi connectivity index (χ0n) is 20.7. The van der Waals surface area contributed by atoms with Gasteiger partial charge in [-0.1, -0.05) is 30.7 Å². The Labute approximate surface area is 225 Å². The number of alkyl halides is 3. The van der Waals surface area contributed by atoms with Crippen LogP contribution in [0.25, 0.3) is 0 Å². The largest absolute Gasteiger partial charge is 0.495 e. The van der Waals surface area contributed by atoms with Crippen LogP contribution in [-0.2, 0) is 17.5 Å². The molecule has 3 amide bonds. The summed E-state index contributed by atoms with van der Waals surface area (Å²) in [6, 6.07) is 7.35. The van der Waals surface area contributed by atoms with Crippen molar-refractivity contribution < 1.29 is 27.5 Å². The Kier molecular flexibility index (Phi) is 7.72. The van der Waals surface area contributed by atoms with Crippen molar-refractivity contribution >= 4 is 40.7 Å². The minimum absolute atomic E-state index is 0.186. The molecule has 1 aliphatic rings. The van der Waals surface area contributed by atoms with E-state index in [0.717, 1.165) is 16.7 Å². The fourth-order valence-corrected chi connectivity index (χ4v) is 4.50. The van der Waals surface area contributed by atoms with Crippen LogP contribution in [0.1, 0.15) is 42.3 Å². The van der Waals surface area contributed by atoms with Crippen molar-refractivity contribution in [2.24, 2.45) is 5.73 Å². The summed E-state index contributed by atoms with van der Waals surface area (Å²) in [6.45, 7) is 1.53. The monoisotopic (exact) mass is 564 g/mol. The number of ether oxygens (including phenoxy) is 1. The van der Waals surface area contributed by atoms with E-state index >= 15 is 0 Å². The van der Waals surface area contributed by atoms with E-state index in [9.17, 15) is 27.6 Å². The van der Waals surface area contributed by atoms with E-state index in [1.54, 1.807) is 19.1 Å². The summed E-state index contributed by atoms with van der Waals surface area (Å²) in [7, 11) is 1.40. The van der Waals surface area contributed by atoms with Crippen LogP contribution < -0.4 is 32.0 Å². The van der Waals surface area contributed by atoms with E-state index in [4.69, 9.17) is 22.1 Å². The number of halogens is 4. The first kappa shape index (κ1) is 27.8. The molecule has 2 atom stereocenters. The molecule has 5 N–H and O–H groups in total. The van der Waals surface area contributed by atoms with E-state index in [-0.39, 0.29) is 47.5 Å². The highest BCUT2D eigenvalue weighted by molar-refractivity contribution is 6.31. The highest BCUT2D eigenvalue weighted by Gasteiger charge is 2.36. The van der Waals surface area contributed by atoms with Crippen molar-refractivity contribution in [3.05, 3.63) is 74.8 Å². The number of urea groups is 1. The molecule has 4 rings (SSSR count). The van der Waals surface area contributed by atoms with Crippen LogP contribution in [0.4, 0.5) is 35.2 Å². The first-order chi connectivity index (χ1) is 18.4. The van der Waals surface area contributed by atoms with Gasteiger partial charge in [-0.25, -0.2) is 9.78 Å². The number of nitrogens with one attached hydrogen (secondary N) is 3. The predicted molar refractivity (Wildman–Crippen MR) is 139 cm³/mol. The smallest absolute Gasteiger partial charge is 0.416 e. The first-order valence-electron chi connectivity index (χ1n) is 11.7. The summed E-state index contributed by atoms with van der Waals surface area (Å²) < 4.78 is 45.9. The van der Waals surface area contributed by atoms with Gasteiger partial charge in [-0.05, 0) is 42.3 Å². The molecule has 14 heteroatoms. The zero-order chi connectivity index (χ0) is 28.5. The van der Waals surface area contributed by atoms with Crippen molar-refractivity contribution in [2.75, 3.05) is 23.1 Å². The zero-order valence-corrected chi connectivity index (χ0v) is 21.5. The second-order valence-electron chi connectivity index (χ2n) is 8.90. The number of carbonyl (C=O) groups is 2. The molecule has 0 spiro atoms. The van der Waals surface area contributed by atoms with Crippen LogP contribution in [-0.4, -0.2) is 28.6 Å². The van der Waals surface area contributed by atoms with E-state index in [1.807, 2.05) is 0 Å². The van der Waals surface area contributed by atoms with Gasteiger partial charge < -0.3 is 21.1 Å². The molecule has 2 aromatic carbocycles. The molecule has 0 aliphatic carbocycles. The molecule has 2 unspecified atom stereocenters. The van der Waals surface area contributed by atoms with Gasteiger partial charge >= 0.3 is 12.2 Å². The Hall–Kier alpha value is -4.26. The van der Waals surface area contributed by atoms with E-state index in [2.05, 4.69) is 20.9 Å². The second-order valence-corrected chi connectivity index (χ2v) is 9.34. The molecule has 3 aromatic rings. The van der Waals surface area contributed by atoms with Gasteiger partial charge in [-0.2, -0.15) is 13.2 Å². The number of nitrogens with two attached hydrogens (primary N) is 1. The lowest BCUT2D eigenvalue weighted by molar-refractivity contribution is -0.137. The van der Waals surface area contributed by atoms with Crippen molar-refractivity contribution in [1.29, 1.82) is 0 Å². The summed E-state index contributed by atoms with van der Waals surface area (Å²) in [6.07, 6.45) is -4.33. The van der Waals surface area contributed by atoms with Crippen LogP contribution in [0.3, 0.4) is 0 Å². The average molecular weight is 565 g/mol. The van der Waals surface area contributed by atoms with Crippen molar-refractivity contribution in [3.63, 3.8) is 0 Å². The lowest BCUT2D eigenvalue weighted by Gasteiger charge is -2.18. The van der Waals surface area contributed by atoms with Crippen LogP contribution >= 0.6 is 11.6 Å². The summed E-state index contributed by atoms with van der Waals surface area (Å²) >= 11 is 6.02. The minimum atomic E-state index is -4.55. The van der Waals surface area contributed by atoms with Crippen LogP contribution in [0.5, 0.6) is 5.75 Å². The number of hydrogen-bond donors (Lipinski definition) is 4. The molecule has 206 valence electrons. The number of rotatable bonds is 7. The fourth-order valence-electron chi connectivity index (χ4n) is 4.32. The minimum Gasteiger partial charge on any atom is -0.495 e. The van der Waals surface area contributed by atoms with Gasteiger partial charge in [0, 0.05) is 17.5 Å². The lowest BCUT2D eigenvalue weighted by atomic mass is 10.1. The molecule has 0 radical (unpaired) electrons. The molecule has 0 saturated heterocycles. The Balaban J connectivity index is 1.70. The number of primary amides is 1. The number of nitrogens with zero attached hydrogens (tertiary/aromatic N) is 2. The Morgan fingerprint density at radius 1 is 1.21 bits per heavy atom. The van der Waals surface area contributed by atoms with Crippen molar-refractivity contribution in [1.82, 2.24) is 9.55 Å². The maximum absolute atomic E-state index is 13.5. The Bertz CT molecular complexity index is 1490. The van der Waals surface area contributed by atoms with E-state index in [1.165, 1.54) is 25.3 Å². The predicted octanol–water partition coefficient (Wildman–Crippen LogP) is 4.71. The van der Waals surface area contributed by atoms with Crippen molar-refractivity contribution in [2.45, 2.75) is 38.0 Å². The van der Waals surface area contributed by atoms with Gasteiger partial charge in [0.15, 0.2) is 5.82 Å². The van der Waals surface area contributed by atoms with Gasteiger partial charge in [0.2, 0.25) is 5.91 Å². The number of methoxy groups -OCH3 is 1. The number of fused-ring (bicyclic) bond motifs is 1. The summed E-state index contributed by atoms with van der Waals surface area (Å²) in [4.78, 5) is 42.9. The molecule has 1 aliphatic heterocycles. The molecule has 39 heavy (non-hydrogen) atoms. The third kappa shape index (κ3) is 5.93. The number of hydrogen-bond acceptors (Lipinski definition) is 6. The Morgan fingerprint density at radius 3 is 2.62 bits per heavy atom. The summed E-state index contributed by atoms with van der Waals surface area (Å²) in [5, 5.41) is 8.18. The molecule has 1 aromatic heterocycles. The average Bonchev–Trinajstić information content (AvgIpc) is 3.20. The van der Waals surface area contributed by atoms with Gasteiger partial charge in [-0.3, -0.25) is 19.5 Å². The van der Waals surface area contributed by atoms with Gasteiger partial charge in [-0.15, -0.1) is 0 Å². The fraction of sp³-hybridized carbons (Fsp3) is 0.280. The summed E-state index contributed by atoms with van der Waals surface area (Å²) in [5.74, 6) is -0.723. The molecular weight excluding hydrogens is 541 g/mol. The Morgan fingerprint density at radius 2 is 1.95 bits per heavy atom. The normalized spacial score (nSPS) is 16.4.